The Hall–Kier alpha value is -3.54. The van der Waals surface area contributed by atoms with Gasteiger partial charge in [-0.15, -0.1) is 0 Å². The number of hydrogen-bond acceptors (Lipinski definition) is 7. The van der Waals surface area contributed by atoms with Crippen LogP contribution in [0.3, 0.4) is 0 Å². The van der Waals surface area contributed by atoms with Gasteiger partial charge in [0.25, 0.3) is 17.2 Å². The number of nitro groups is 1. The molecule has 2 aromatic carbocycles. The first-order valence-electron chi connectivity index (χ1n) is 9.87. The lowest BCUT2D eigenvalue weighted by atomic mass is 10.0. The number of nitrogens with zero attached hydrogens (tertiary/aromatic N) is 4. The molecule has 1 aromatic heterocycles. The van der Waals surface area contributed by atoms with E-state index in [1.807, 2.05) is 0 Å². The zero-order valence-electron chi connectivity index (χ0n) is 17.3. The van der Waals surface area contributed by atoms with Crippen molar-refractivity contribution in [2.45, 2.75) is 13.1 Å². The van der Waals surface area contributed by atoms with E-state index in [2.05, 4.69) is 4.98 Å². The van der Waals surface area contributed by atoms with Crippen LogP contribution >= 0.6 is 11.3 Å². The van der Waals surface area contributed by atoms with E-state index in [4.69, 9.17) is 0 Å². The Morgan fingerprint density at radius 2 is 1.79 bits per heavy atom. The second kappa shape index (κ2) is 8.43. The number of anilines is 1. The number of alkyl halides is 3. The second-order valence-electron chi connectivity index (χ2n) is 7.47. The van der Waals surface area contributed by atoms with Gasteiger partial charge in [-0.3, -0.25) is 19.7 Å². The quantitative estimate of drug-likeness (QED) is 0.419. The van der Waals surface area contributed by atoms with Crippen LogP contribution in [0.25, 0.3) is 10.1 Å². The fourth-order valence-corrected chi connectivity index (χ4v) is 4.99. The summed E-state index contributed by atoms with van der Waals surface area (Å²) < 4.78 is 39.9. The molecule has 4 rings (SSSR count). The third-order valence-corrected chi connectivity index (χ3v) is 6.63. The summed E-state index contributed by atoms with van der Waals surface area (Å²) in [5.41, 5.74) is -2.80. The number of rotatable bonds is 3. The molecule has 0 atom stereocenters. The van der Waals surface area contributed by atoms with Gasteiger partial charge in [-0.2, -0.15) is 18.2 Å². The Bertz CT molecular complexity index is 1300. The van der Waals surface area contributed by atoms with Gasteiger partial charge < -0.3 is 9.80 Å². The number of amides is 1. The van der Waals surface area contributed by atoms with Crippen molar-refractivity contribution in [3.05, 3.63) is 73.6 Å². The summed E-state index contributed by atoms with van der Waals surface area (Å²) in [5, 5.41) is 11.3. The van der Waals surface area contributed by atoms with E-state index in [0.29, 0.717) is 37.8 Å². The van der Waals surface area contributed by atoms with E-state index >= 15 is 0 Å². The number of aromatic nitrogens is 1. The van der Waals surface area contributed by atoms with E-state index < -0.39 is 33.3 Å². The Morgan fingerprint density at radius 1 is 1.15 bits per heavy atom. The summed E-state index contributed by atoms with van der Waals surface area (Å²) in [6.45, 7) is 2.42. The molecule has 1 aliphatic rings. The number of piperazine rings is 1. The molecule has 1 fully saturated rings. The van der Waals surface area contributed by atoms with Gasteiger partial charge in [-0.1, -0.05) is 29.5 Å². The molecule has 3 aromatic rings. The van der Waals surface area contributed by atoms with Gasteiger partial charge >= 0.3 is 6.18 Å². The molecule has 0 N–H and O–H groups in total. The minimum absolute atomic E-state index is 0.138. The number of hydrogen-bond donors (Lipinski definition) is 0. The lowest BCUT2D eigenvalue weighted by Gasteiger charge is -2.35. The smallest absolute Gasteiger partial charge is 0.344 e. The molecule has 0 saturated carbocycles. The van der Waals surface area contributed by atoms with Crippen LogP contribution in [0.4, 0.5) is 24.0 Å². The summed E-state index contributed by atoms with van der Waals surface area (Å²) in [7, 11) is 0. The molecule has 8 nitrogen and oxygen atoms in total. The summed E-state index contributed by atoms with van der Waals surface area (Å²) in [4.78, 5) is 43.2. The van der Waals surface area contributed by atoms with Crippen LogP contribution in [0.2, 0.25) is 0 Å². The van der Waals surface area contributed by atoms with Crippen LogP contribution in [-0.2, 0) is 6.18 Å². The number of carbonyl (C=O) groups is 1. The first-order chi connectivity index (χ1) is 15.6. The normalized spacial score (nSPS) is 14.5. The Labute approximate surface area is 189 Å². The van der Waals surface area contributed by atoms with Crippen LogP contribution in [0.1, 0.15) is 21.5 Å². The van der Waals surface area contributed by atoms with Crippen molar-refractivity contribution in [2.24, 2.45) is 0 Å². The molecule has 2 heterocycles. The highest BCUT2D eigenvalue weighted by Crippen LogP contribution is 2.41. The van der Waals surface area contributed by atoms with E-state index in [9.17, 15) is 32.9 Å². The lowest BCUT2D eigenvalue weighted by Crippen LogP contribution is -2.49. The summed E-state index contributed by atoms with van der Waals surface area (Å²) in [6, 6.07) is 9.22. The minimum atomic E-state index is -4.85. The fourth-order valence-electron chi connectivity index (χ4n) is 3.79. The van der Waals surface area contributed by atoms with Crippen LogP contribution in [0, 0.1) is 17.0 Å². The molecule has 0 aliphatic carbocycles. The molecule has 33 heavy (non-hydrogen) atoms. The van der Waals surface area contributed by atoms with Gasteiger partial charge in [0.05, 0.1) is 15.9 Å². The molecule has 0 unspecified atom stereocenters. The fraction of sp³-hybridized carbons (Fsp3) is 0.286. The van der Waals surface area contributed by atoms with Crippen molar-refractivity contribution < 1.29 is 22.9 Å². The van der Waals surface area contributed by atoms with Crippen LogP contribution in [0.5, 0.6) is 0 Å². The number of carbonyl (C=O) groups excluding carboxylic acids is 1. The highest BCUT2D eigenvalue weighted by atomic mass is 32.1. The number of nitro benzene ring substituents is 1. The van der Waals surface area contributed by atoms with E-state index in [1.54, 1.807) is 40.1 Å². The maximum Gasteiger partial charge on any atom is 0.416 e. The number of aryl methyl sites for hydroxylation is 1. The van der Waals surface area contributed by atoms with Crippen molar-refractivity contribution in [2.75, 3.05) is 31.1 Å². The van der Waals surface area contributed by atoms with Gasteiger partial charge in [0, 0.05) is 37.8 Å². The average Bonchev–Trinajstić information content (AvgIpc) is 2.78. The number of halogens is 3. The molecule has 0 radical (unpaired) electrons. The zero-order valence-corrected chi connectivity index (χ0v) is 18.1. The molecule has 172 valence electrons. The third kappa shape index (κ3) is 4.25. The predicted octanol–water partition coefficient (Wildman–Crippen LogP) is 3.85. The van der Waals surface area contributed by atoms with E-state index in [1.165, 1.54) is 0 Å². The topological polar surface area (TPSA) is 96.7 Å². The van der Waals surface area contributed by atoms with Crippen LogP contribution < -0.4 is 10.5 Å². The van der Waals surface area contributed by atoms with Gasteiger partial charge in [-0.05, 0) is 24.6 Å². The van der Waals surface area contributed by atoms with Gasteiger partial charge in [0.1, 0.15) is 4.70 Å². The minimum Gasteiger partial charge on any atom is -0.344 e. The average molecular weight is 478 g/mol. The van der Waals surface area contributed by atoms with Crippen molar-refractivity contribution in [1.82, 2.24) is 9.88 Å². The number of fused-ring (bicyclic) bond motifs is 1. The molecule has 1 aliphatic heterocycles. The van der Waals surface area contributed by atoms with Crippen LogP contribution in [-0.4, -0.2) is 46.9 Å². The highest BCUT2D eigenvalue weighted by Gasteiger charge is 2.37. The largest absolute Gasteiger partial charge is 0.416 e. The predicted molar refractivity (Wildman–Crippen MR) is 117 cm³/mol. The first-order valence-corrected chi connectivity index (χ1v) is 10.7. The molecule has 1 saturated heterocycles. The van der Waals surface area contributed by atoms with Crippen molar-refractivity contribution in [1.29, 1.82) is 0 Å². The van der Waals surface area contributed by atoms with Crippen molar-refractivity contribution in [3.8, 4) is 0 Å². The Morgan fingerprint density at radius 3 is 2.36 bits per heavy atom. The van der Waals surface area contributed by atoms with Crippen molar-refractivity contribution >= 4 is 38.1 Å². The molecular weight excluding hydrogens is 461 g/mol. The molecule has 0 bridgehead atoms. The maximum absolute atomic E-state index is 13.4. The molecule has 0 spiro atoms. The van der Waals surface area contributed by atoms with Gasteiger partial charge in [0.15, 0.2) is 5.13 Å². The van der Waals surface area contributed by atoms with Crippen LogP contribution in [0.15, 0.2) is 41.2 Å². The lowest BCUT2D eigenvalue weighted by molar-refractivity contribution is -0.383. The monoisotopic (exact) mass is 478 g/mol. The Balaban J connectivity index is 1.68. The number of non-ortho nitro benzene ring substituents is 1. The van der Waals surface area contributed by atoms with Crippen molar-refractivity contribution in [3.63, 3.8) is 0 Å². The SMILES string of the molecule is Cc1c(C(F)(F)F)cc([N+](=O)[O-])c2sc(N3CCN(C(=O)c4ccccc4)CC3)nc(=O)c12. The Kier molecular flexibility index (Phi) is 5.78. The standard InChI is InChI=1S/C21H17F3N4O4S/c1-12-14(21(22,23)24)11-15(28(31)32)17-16(12)18(29)25-20(33-17)27-9-7-26(8-10-27)19(30)13-5-3-2-4-6-13/h2-6,11H,7-10H2,1H3. The molecular formula is C21H17F3N4O4S. The highest BCUT2D eigenvalue weighted by molar-refractivity contribution is 7.22. The summed E-state index contributed by atoms with van der Waals surface area (Å²) >= 11 is 0.804. The third-order valence-electron chi connectivity index (χ3n) is 5.48. The van der Waals surface area contributed by atoms with E-state index in [-0.39, 0.29) is 21.3 Å². The second-order valence-corrected chi connectivity index (χ2v) is 8.45. The summed E-state index contributed by atoms with van der Waals surface area (Å²) in [5.74, 6) is -0.138. The zero-order chi connectivity index (χ0) is 23.9. The molecule has 1 amide bonds. The maximum atomic E-state index is 13.4. The van der Waals surface area contributed by atoms with E-state index in [0.717, 1.165) is 18.3 Å². The number of benzene rings is 2. The van der Waals surface area contributed by atoms with Gasteiger partial charge in [0.2, 0.25) is 0 Å². The van der Waals surface area contributed by atoms with Gasteiger partial charge in [-0.25, -0.2) is 0 Å². The molecule has 12 heteroatoms. The summed E-state index contributed by atoms with van der Waals surface area (Å²) in [6.07, 6.45) is -4.85. The first kappa shape index (κ1) is 22.6.